The summed E-state index contributed by atoms with van der Waals surface area (Å²) in [5.74, 6) is -0.379. The van der Waals surface area contributed by atoms with Crippen LogP contribution in [0.4, 0.5) is 4.39 Å². The molecule has 31 heavy (non-hydrogen) atoms. The molecule has 0 aromatic heterocycles. The van der Waals surface area contributed by atoms with Crippen molar-refractivity contribution >= 4 is 34.8 Å². The zero-order valence-corrected chi connectivity index (χ0v) is 17.3. The van der Waals surface area contributed by atoms with Crippen LogP contribution >= 0.6 is 11.6 Å². The third-order valence-corrected chi connectivity index (χ3v) is 5.38. The van der Waals surface area contributed by atoms with E-state index in [2.05, 4.69) is 0 Å². The number of benzene rings is 3. The van der Waals surface area contributed by atoms with Crippen LogP contribution in [0.5, 0.6) is 17.2 Å². The quantitative estimate of drug-likeness (QED) is 0.462. The first-order valence-corrected chi connectivity index (χ1v) is 9.90. The van der Waals surface area contributed by atoms with Crippen LogP contribution in [-0.4, -0.2) is 16.2 Å². The van der Waals surface area contributed by atoms with Gasteiger partial charge < -0.3 is 14.9 Å². The number of allylic oxidation sites excluding steroid dienone is 2. The molecule has 0 saturated heterocycles. The van der Waals surface area contributed by atoms with Gasteiger partial charge in [-0.1, -0.05) is 17.7 Å². The van der Waals surface area contributed by atoms with E-state index in [1.165, 1.54) is 18.2 Å². The van der Waals surface area contributed by atoms with Gasteiger partial charge in [0.2, 0.25) is 0 Å². The summed E-state index contributed by atoms with van der Waals surface area (Å²) in [5.41, 5.74) is 3.88. The Morgan fingerprint density at radius 1 is 1.03 bits per heavy atom. The predicted octanol–water partition coefficient (Wildman–Crippen LogP) is 6.78. The number of phenols is 1. The fourth-order valence-electron chi connectivity index (χ4n) is 3.64. The van der Waals surface area contributed by atoms with Gasteiger partial charge in [0.1, 0.15) is 23.1 Å². The van der Waals surface area contributed by atoms with E-state index in [1.54, 1.807) is 55.5 Å². The van der Waals surface area contributed by atoms with Crippen LogP contribution in [0.25, 0.3) is 17.2 Å². The Hall–Kier alpha value is -3.57. The summed E-state index contributed by atoms with van der Waals surface area (Å²) in [7, 11) is 0. The highest BCUT2D eigenvalue weighted by Gasteiger charge is 2.25. The van der Waals surface area contributed by atoms with Gasteiger partial charge in [0.15, 0.2) is 0 Å². The summed E-state index contributed by atoms with van der Waals surface area (Å²) in [6, 6.07) is 16.1. The molecule has 0 spiro atoms. The van der Waals surface area contributed by atoms with Crippen LogP contribution in [0.15, 0.2) is 66.2 Å². The van der Waals surface area contributed by atoms with Crippen molar-refractivity contribution in [3.05, 3.63) is 93.8 Å². The lowest BCUT2D eigenvalue weighted by Crippen LogP contribution is -1.97. The van der Waals surface area contributed by atoms with Crippen molar-refractivity contribution < 1.29 is 24.1 Å². The molecule has 0 atom stereocenters. The number of ether oxygens (including phenoxy) is 1. The third-order valence-electron chi connectivity index (χ3n) is 5.13. The second-order valence-electron chi connectivity index (χ2n) is 7.20. The Balaban J connectivity index is 1.70. The zero-order valence-electron chi connectivity index (χ0n) is 16.5. The van der Waals surface area contributed by atoms with Crippen molar-refractivity contribution in [2.45, 2.75) is 13.3 Å². The minimum Gasteiger partial charge on any atom is -0.507 e. The second kappa shape index (κ2) is 8.28. The molecule has 4 nitrogen and oxygen atoms in total. The second-order valence-corrected chi connectivity index (χ2v) is 7.64. The summed E-state index contributed by atoms with van der Waals surface area (Å²) in [6.45, 7) is 1.80. The van der Waals surface area contributed by atoms with Crippen LogP contribution in [0, 0.1) is 5.82 Å². The van der Waals surface area contributed by atoms with E-state index < -0.39 is 11.8 Å². The molecule has 0 bridgehead atoms. The average Bonchev–Trinajstić information content (AvgIpc) is 2.96. The molecule has 3 aromatic carbocycles. The molecule has 156 valence electrons. The highest BCUT2D eigenvalue weighted by molar-refractivity contribution is 6.30. The summed E-state index contributed by atoms with van der Waals surface area (Å²) in [4.78, 5) is 11.3. The molecule has 0 heterocycles. The van der Waals surface area contributed by atoms with Crippen molar-refractivity contribution in [3.8, 4) is 17.2 Å². The maximum atomic E-state index is 13.8. The molecule has 0 radical (unpaired) electrons. The Kier molecular flexibility index (Phi) is 5.53. The van der Waals surface area contributed by atoms with Crippen LogP contribution in [0.2, 0.25) is 5.02 Å². The Labute approximate surface area is 183 Å². The molecule has 3 aromatic rings. The van der Waals surface area contributed by atoms with E-state index >= 15 is 0 Å². The van der Waals surface area contributed by atoms with Crippen molar-refractivity contribution in [1.29, 1.82) is 0 Å². The number of halogens is 2. The maximum Gasteiger partial charge on any atom is 0.307 e. The van der Waals surface area contributed by atoms with Gasteiger partial charge in [0.25, 0.3) is 0 Å². The fourth-order valence-corrected chi connectivity index (χ4v) is 3.76. The minimum absolute atomic E-state index is 0.00195. The van der Waals surface area contributed by atoms with Gasteiger partial charge in [-0.15, -0.1) is 0 Å². The van der Waals surface area contributed by atoms with Crippen molar-refractivity contribution in [2.75, 3.05) is 0 Å². The molecular formula is C25H18ClFO4. The van der Waals surface area contributed by atoms with E-state index in [4.69, 9.17) is 16.3 Å². The lowest BCUT2D eigenvalue weighted by Gasteiger charge is -2.09. The first kappa shape index (κ1) is 20.7. The third kappa shape index (κ3) is 4.32. The van der Waals surface area contributed by atoms with Crippen LogP contribution in [-0.2, 0) is 4.79 Å². The van der Waals surface area contributed by atoms with Gasteiger partial charge in [0, 0.05) is 16.7 Å². The number of aliphatic carboxylic acids is 1. The highest BCUT2D eigenvalue weighted by atomic mass is 35.5. The number of rotatable bonds is 5. The SMILES string of the molecule is CC1=C(CC(=O)O)c2cc(F)ccc2/C1=C\c1ccc(Oc2ccc(Cl)cc2)cc1O. The average molecular weight is 437 g/mol. The smallest absolute Gasteiger partial charge is 0.307 e. The van der Waals surface area contributed by atoms with Crippen molar-refractivity contribution in [2.24, 2.45) is 0 Å². The molecule has 4 rings (SSSR count). The molecule has 0 saturated carbocycles. The molecule has 2 N–H and O–H groups in total. The first-order valence-electron chi connectivity index (χ1n) is 9.52. The minimum atomic E-state index is -0.989. The van der Waals surface area contributed by atoms with Gasteiger partial charge >= 0.3 is 5.97 Å². The van der Waals surface area contributed by atoms with Gasteiger partial charge in [-0.05, 0) is 89.4 Å². The number of carboxylic acid groups (broad SMARTS) is 1. The lowest BCUT2D eigenvalue weighted by molar-refractivity contribution is -0.135. The molecule has 1 aliphatic rings. The van der Waals surface area contributed by atoms with Crippen LogP contribution in [0.3, 0.4) is 0 Å². The van der Waals surface area contributed by atoms with E-state index in [1.807, 2.05) is 0 Å². The first-order chi connectivity index (χ1) is 14.8. The van der Waals surface area contributed by atoms with E-state index in [0.29, 0.717) is 33.2 Å². The Morgan fingerprint density at radius 2 is 1.74 bits per heavy atom. The van der Waals surface area contributed by atoms with Gasteiger partial charge in [-0.25, -0.2) is 4.39 Å². The van der Waals surface area contributed by atoms with Gasteiger partial charge in [-0.2, -0.15) is 0 Å². The number of phenolic OH excluding ortho intramolecular Hbond substituents is 1. The normalized spacial score (nSPS) is 14.1. The molecule has 1 aliphatic carbocycles. The molecule has 0 amide bonds. The van der Waals surface area contributed by atoms with E-state index in [-0.39, 0.29) is 12.2 Å². The predicted molar refractivity (Wildman–Crippen MR) is 119 cm³/mol. The molecular weight excluding hydrogens is 419 g/mol. The zero-order chi connectivity index (χ0) is 22.1. The fraction of sp³-hybridized carbons (Fsp3) is 0.0800. The summed E-state index contributed by atoms with van der Waals surface area (Å²) in [6.07, 6.45) is 1.56. The summed E-state index contributed by atoms with van der Waals surface area (Å²) in [5, 5.41) is 20.4. The van der Waals surface area contributed by atoms with E-state index in [0.717, 1.165) is 16.7 Å². The number of fused-ring (bicyclic) bond motifs is 1. The Bertz CT molecular complexity index is 1240. The number of carbonyl (C=O) groups is 1. The maximum absolute atomic E-state index is 13.8. The topological polar surface area (TPSA) is 66.8 Å². The number of aromatic hydroxyl groups is 1. The van der Waals surface area contributed by atoms with Crippen LogP contribution in [0.1, 0.15) is 30.0 Å². The van der Waals surface area contributed by atoms with Crippen molar-refractivity contribution in [3.63, 3.8) is 0 Å². The van der Waals surface area contributed by atoms with Crippen LogP contribution < -0.4 is 4.74 Å². The van der Waals surface area contributed by atoms with Gasteiger partial charge in [0.05, 0.1) is 6.42 Å². The molecule has 0 aliphatic heterocycles. The molecule has 0 fully saturated rings. The molecule has 0 unspecified atom stereocenters. The standard InChI is InChI=1S/C25H18ClFO4/c1-14-21(20-9-5-17(27)11-23(20)22(14)13-25(29)30)10-15-2-6-19(12-24(15)28)31-18-7-3-16(26)4-8-18/h2-12,28H,13H2,1H3,(H,29,30)/b21-10-. The van der Waals surface area contributed by atoms with Gasteiger partial charge in [-0.3, -0.25) is 4.79 Å². The lowest BCUT2D eigenvalue weighted by atomic mass is 10.00. The Morgan fingerprint density at radius 3 is 2.42 bits per heavy atom. The summed E-state index contributed by atoms with van der Waals surface area (Å²) < 4.78 is 19.5. The van der Waals surface area contributed by atoms with Crippen molar-refractivity contribution in [1.82, 2.24) is 0 Å². The highest BCUT2D eigenvalue weighted by Crippen LogP contribution is 2.44. The number of hydrogen-bond donors (Lipinski definition) is 2. The number of hydrogen-bond acceptors (Lipinski definition) is 3. The molecule has 6 heteroatoms. The largest absolute Gasteiger partial charge is 0.507 e. The summed E-state index contributed by atoms with van der Waals surface area (Å²) >= 11 is 5.88. The monoisotopic (exact) mass is 436 g/mol. The number of carboxylic acids is 1. The van der Waals surface area contributed by atoms with E-state index in [9.17, 15) is 19.4 Å².